The summed E-state index contributed by atoms with van der Waals surface area (Å²) in [4.78, 5) is 8.71. The molecule has 18 heavy (non-hydrogen) atoms. The first kappa shape index (κ1) is 12.5. The molecule has 0 bridgehead atoms. The summed E-state index contributed by atoms with van der Waals surface area (Å²) in [6.45, 7) is 2.60. The molecule has 0 fully saturated rings. The van der Waals surface area contributed by atoms with Gasteiger partial charge in [0.15, 0.2) is 0 Å². The number of nitrogens with two attached hydrogens (primary N) is 1. The molecule has 94 valence electrons. The topological polar surface area (TPSA) is 61.0 Å². The molecular formula is C14H17N3O. The highest BCUT2D eigenvalue weighted by Gasteiger charge is 2.08. The Hall–Kier alpha value is -1.94. The van der Waals surface area contributed by atoms with Crippen molar-refractivity contribution in [2.75, 3.05) is 13.7 Å². The minimum Gasteiger partial charge on any atom is -0.496 e. The fourth-order valence-corrected chi connectivity index (χ4v) is 1.82. The van der Waals surface area contributed by atoms with Crippen molar-refractivity contribution in [3.05, 3.63) is 41.9 Å². The standard InChI is InChI=1S/C14H17N3O/c1-10-3-4-13(18-2)11(9-10)12-6-8-16-14(17-12)5-7-15/h3-4,6,8-9H,5,7,15H2,1-2H3. The van der Waals surface area contributed by atoms with Gasteiger partial charge in [-0.3, -0.25) is 0 Å². The summed E-state index contributed by atoms with van der Waals surface area (Å²) in [6, 6.07) is 7.92. The number of rotatable bonds is 4. The molecule has 0 radical (unpaired) electrons. The maximum atomic E-state index is 5.52. The van der Waals surface area contributed by atoms with Gasteiger partial charge in [-0.1, -0.05) is 11.6 Å². The molecule has 0 atom stereocenters. The Labute approximate surface area is 107 Å². The number of hydrogen-bond acceptors (Lipinski definition) is 4. The number of benzene rings is 1. The lowest BCUT2D eigenvalue weighted by atomic mass is 10.1. The minimum atomic E-state index is 0.550. The van der Waals surface area contributed by atoms with Crippen LogP contribution >= 0.6 is 0 Å². The Morgan fingerprint density at radius 1 is 1.28 bits per heavy atom. The first-order valence-electron chi connectivity index (χ1n) is 5.91. The average molecular weight is 243 g/mol. The van der Waals surface area contributed by atoms with Gasteiger partial charge < -0.3 is 10.5 Å². The second kappa shape index (κ2) is 5.60. The molecule has 0 unspecified atom stereocenters. The summed E-state index contributed by atoms with van der Waals surface area (Å²) >= 11 is 0. The minimum absolute atomic E-state index is 0.550. The highest BCUT2D eigenvalue weighted by molar-refractivity contribution is 5.67. The summed E-state index contributed by atoms with van der Waals surface area (Å²) in [5.74, 6) is 1.58. The van der Waals surface area contributed by atoms with Gasteiger partial charge in [-0.15, -0.1) is 0 Å². The number of nitrogens with zero attached hydrogens (tertiary/aromatic N) is 2. The van der Waals surface area contributed by atoms with E-state index in [1.165, 1.54) is 5.56 Å². The van der Waals surface area contributed by atoms with Crippen LogP contribution in [0, 0.1) is 6.92 Å². The number of aryl methyl sites for hydroxylation is 1. The van der Waals surface area contributed by atoms with Crippen molar-refractivity contribution >= 4 is 0 Å². The van der Waals surface area contributed by atoms with Crippen molar-refractivity contribution in [2.24, 2.45) is 5.73 Å². The van der Waals surface area contributed by atoms with Crippen LogP contribution in [-0.2, 0) is 6.42 Å². The lowest BCUT2D eigenvalue weighted by Gasteiger charge is -2.09. The summed E-state index contributed by atoms with van der Waals surface area (Å²) < 4.78 is 5.37. The van der Waals surface area contributed by atoms with Gasteiger partial charge in [0.05, 0.1) is 12.8 Å². The fourth-order valence-electron chi connectivity index (χ4n) is 1.82. The predicted molar refractivity (Wildman–Crippen MR) is 71.5 cm³/mol. The number of hydrogen-bond donors (Lipinski definition) is 1. The van der Waals surface area contributed by atoms with Crippen LogP contribution in [0.3, 0.4) is 0 Å². The predicted octanol–water partition coefficient (Wildman–Crippen LogP) is 1.96. The van der Waals surface area contributed by atoms with Crippen LogP contribution in [0.25, 0.3) is 11.3 Å². The van der Waals surface area contributed by atoms with Crippen LogP contribution < -0.4 is 10.5 Å². The zero-order valence-corrected chi connectivity index (χ0v) is 10.7. The third-order valence-electron chi connectivity index (χ3n) is 2.70. The van der Waals surface area contributed by atoms with E-state index in [1.807, 2.05) is 25.1 Å². The number of methoxy groups -OCH3 is 1. The van der Waals surface area contributed by atoms with Crippen LogP contribution in [0.2, 0.25) is 0 Å². The molecule has 4 nitrogen and oxygen atoms in total. The van der Waals surface area contributed by atoms with Crippen LogP contribution in [0.5, 0.6) is 5.75 Å². The second-order valence-corrected chi connectivity index (χ2v) is 4.10. The molecule has 0 saturated heterocycles. The van der Waals surface area contributed by atoms with E-state index >= 15 is 0 Å². The largest absolute Gasteiger partial charge is 0.496 e. The Morgan fingerprint density at radius 2 is 2.11 bits per heavy atom. The van der Waals surface area contributed by atoms with Gasteiger partial charge in [0.1, 0.15) is 11.6 Å². The average Bonchev–Trinajstić information content (AvgIpc) is 2.39. The van der Waals surface area contributed by atoms with E-state index in [2.05, 4.69) is 16.0 Å². The zero-order valence-electron chi connectivity index (χ0n) is 10.7. The molecule has 1 aromatic heterocycles. The molecule has 0 aliphatic heterocycles. The van der Waals surface area contributed by atoms with Gasteiger partial charge in [0.25, 0.3) is 0 Å². The third-order valence-corrected chi connectivity index (χ3v) is 2.70. The van der Waals surface area contributed by atoms with Crippen molar-refractivity contribution in [3.63, 3.8) is 0 Å². The van der Waals surface area contributed by atoms with Gasteiger partial charge in [-0.2, -0.15) is 0 Å². The van der Waals surface area contributed by atoms with E-state index < -0.39 is 0 Å². The van der Waals surface area contributed by atoms with E-state index in [4.69, 9.17) is 10.5 Å². The van der Waals surface area contributed by atoms with Crippen LogP contribution in [0.4, 0.5) is 0 Å². The Kier molecular flexibility index (Phi) is 3.89. The zero-order chi connectivity index (χ0) is 13.0. The van der Waals surface area contributed by atoms with Crippen molar-refractivity contribution < 1.29 is 4.74 Å². The maximum Gasteiger partial charge on any atom is 0.130 e. The van der Waals surface area contributed by atoms with E-state index in [1.54, 1.807) is 13.3 Å². The van der Waals surface area contributed by atoms with Gasteiger partial charge in [-0.25, -0.2) is 9.97 Å². The molecule has 2 N–H and O–H groups in total. The van der Waals surface area contributed by atoms with Crippen LogP contribution in [0.15, 0.2) is 30.5 Å². The van der Waals surface area contributed by atoms with E-state index in [0.717, 1.165) is 22.8 Å². The van der Waals surface area contributed by atoms with Crippen molar-refractivity contribution in [2.45, 2.75) is 13.3 Å². The summed E-state index contributed by atoms with van der Waals surface area (Å²) in [5, 5.41) is 0. The van der Waals surface area contributed by atoms with Crippen LogP contribution in [0.1, 0.15) is 11.4 Å². The first-order valence-corrected chi connectivity index (χ1v) is 5.91. The highest BCUT2D eigenvalue weighted by atomic mass is 16.5. The normalized spacial score (nSPS) is 10.4. The van der Waals surface area contributed by atoms with Gasteiger partial charge in [0.2, 0.25) is 0 Å². The Morgan fingerprint density at radius 3 is 2.83 bits per heavy atom. The second-order valence-electron chi connectivity index (χ2n) is 4.10. The summed E-state index contributed by atoms with van der Waals surface area (Å²) in [6.07, 6.45) is 2.44. The molecule has 0 amide bonds. The highest BCUT2D eigenvalue weighted by Crippen LogP contribution is 2.29. The van der Waals surface area contributed by atoms with Gasteiger partial charge in [-0.05, 0) is 31.7 Å². The van der Waals surface area contributed by atoms with Crippen molar-refractivity contribution in [1.82, 2.24) is 9.97 Å². The smallest absolute Gasteiger partial charge is 0.130 e. The maximum absolute atomic E-state index is 5.52. The molecule has 4 heteroatoms. The van der Waals surface area contributed by atoms with E-state index in [0.29, 0.717) is 13.0 Å². The molecule has 0 spiro atoms. The van der Waals surface area contributed by atoms with E-state index in [9.17, 15) is 0 Å². The molecular weight excluding hydrogens is 226 g/mol. The molecule has 2 aromatic rings. The molecule has 2 rings (SSSR count). The molecule has 1 heterocycles. The Bertz CT molecular complexity index is 540. The quantitative estimate of drug-likeness (QED) is 0.891. The first-order chi connectivity index (χ1) is 8.74. The fraction of sp³-hybridized carbons (Fsp3) is 0.286. The van der Waals surface area contributed by atoms with Crippen molar-refractivity contribution in [1.29, 1.82) is 0 Å². The summed E-state index contributed by atoms with van der Waals surface area (Å²) in [5.41, 5.74) is 8.55. The monoisotopic (exact) mass is 243 g/mol. The molecule has 0 saturated carbocycles. The molecule has 0 aliphatic carbocycles. The van der Waals surface area contributed by atoms with Crippen LogP contribution in [-0.4, -0.2) is 23.6 Å². The van der Waals surface area contributed by atoms with E-state index in [-0.39, 0.29) is 0 Å². The number of aromatic nitrogens is 2. The molecule has 0 aliphatic rings. The third kappa shape index (κ3) is 2.65. The number of ether oxygens (including phenoxy) is 1. The SMILES string of the molecule is COc1ccc(C)cc1-c1ccnc(CCN)n1. The van der Waals surface area contributed by atoms with Gasteiger partial charge >= 0.3 is 0 Å². The van der Waals surface area contributed by atoms with Crippen molar-refractivity contribution in [3.8, 4) is 17.0 Å². The molecule has 1 aromatic carbocycles. The Balaban J connectivity index is 2.47. The lowest BCUT2D eigenvalue weighted by molar-refractivity contribution is 0.416. The van der Waals surface area contributed by atoms with Gasteiger partial charge in [0, 0.05) is 18.2 Å². The lowest BCUT2D eigenvalue weighted by Crippen LogP contribution is -2.06. The summed E-state index contributed by atoms with van der Waals surface area (Å²) in [7, 11) is 1.66.